The van der Waals surface area contributed by atoms with Crippen molar-refractivity contribution in [2.45, 2.75) is 40.3 Å². The predicted molar refractivity (Wildman–Crippen MR) is 78.7 cm³/mol. The molecule has 0 fully saturated rings. The Morgan fingerprint density at radius 2 is 2.10 bits per heavy atom. The van der Waals surface area contributed by atoms with Crippen LogP contribution in [0.2, 0.25) is 0 Å². The molecule has 0 saturated carbocycles. The fraction of sp³-hybridized carbons (Fsp3) is 0.438. The van der Waals surface area contributed by atoms with E-state index in [0.717, 1.165) is 42.7 Å². The standard InChI is InChI=1S/C16H22N2O2/c1-4-8-19-15-7-5-6-14(9-15)10-17-11-16-18-12(2)13(3)20-16/h5-7,9,17H,4,8,10-11H2,1-3H3. The van der Waals surface area contributed by atoms with Crippen LogP contribution in [-0.2, 0) is 13.1 Å². The molecule has 0 unspecified atom stereocenters. The van der Waals surface area contributed by atoms with E-state index < -0.39 is 0 Å². The lowest BCUT2D eigenvalue weighted by atomic mass is 10.2. The van der Waals surface area contributed by atoms with E-state index in [1.807, 2.05) is 26.0 Å². The van der Waals surface area contributed by atoms with Crippen molar-refractivity contribution in [1.29, 1.82) is 0 Å². The van der Waals surface area contributed by atoms with E-state index in [1.54, 1.807) is 0 Å². The zero-order valence-electron chi connectivity index (χ0n) is 12.4. The Hall–Kier alpha value is -1.81. The van der Waals surface area contributed by atoms with E-state index in [2.05, 4.69) is 29.4 Å². The van der Waals surface area contributed by atoms with Crippen molar-refractivity contribution in [3.8, 4) is 5.75 Å². The lowest BCUT2D eigenvalue weighted by Gasteiger charge is -2.07. The fourth-order valence-corrected chi connectivity index (χ4v) is 1.89. The zero-order chi connectivity index (χ0) is 14.4. The van der Waals surface area contributed by atoms with Crippen molar-refractivity contribution in [3.05, 3.63) is 47.2 Å². The summed E-state index contributed by atoms with van der Waals surface area (Å²) in [6.45, 7) is 8.15. The van der Waals surface area contributed by atoms with E-state index in [1.165, 1.54) is 5.56 Å². The molecule has 108 valence electrons. The molecule has 4 nitrogen and oxygen atoms in total. The summed E-state index contributed by atoms with van der Waals surface area (Å²) in [5, 5.41) is 3.33. The molecular weight excluding hydrogens is 252 g/mol. The third-order valence-electron chi connectivity index (χ3n) is 3.05. The largest absolute Gasteiger partial charge is 0.494 e. The number of rotatable bonds is 7. The molecule has 0 amide bonds. The van der Waals surface area contributed by atoms with Gasteiger partial charge in [0.05, 0.1) is 18.8 Å². The van der Waals surface area contributed by atoms with Crippen LogP contribution in [0.4, 0.5) is 0 Å². The van der Waals surface area contributed by atoms with Gasteiger partial charge in [-0.1, -0.05) is 19.1 Å². The summed E-state index contributed by atoms with van der Waals surface area (Å²) in [4.78, 5) is 4.35. The average Bonchev–Trinajstić information content (AvgIpc) is 2.76. The minimum Gasteiger partial charge on any atom is -0.494 e. The first-order valence-corrected chi connectivity index (χ1v) is 7.04. The summed E-state index contributed by atoms with van der Waals surface area (Å²) in [5.74, 6) is 2.55. The van der Waals surface area contributed by atoms with Gasteiger partial charge in [-0.2, -0.15) is 0 Å². The molecule has 0 atom stereocenters. The summed E-state index contributed by atoms with van der Waals surface area (Å²) in [6.07, 6.45) is 1.02. The topological polar surface area (TPSA) is 47.3 Å². The molecule has 2 aromatic rings. The monoisotopic (exact) mass is 274 g/mol. The highest BCUT2D eigenvalue weighted by atomic mass is 16.5. The van der Waals surface area contributed by atoms with Gasteiger partial charge in [0.25, 0.3) is 0 Å². The Kier molecular flexibility index (Phi) is 5.18. The third-order valence-corrected chi connectivity index (χ3v) is 3.05. The van der Waals surface area contributed by atoms with Crippen molar-refractivity contribution < 1.29 is 9.15 Å². The molecule has 1 N–H and O–H groups in total. The van der Waals surface area contributed by atoms with Crippen molar-refractivity contribution in [3.63, 3.8) is 0 Å². The Balaban J connectivity index is 1.84. The molecule has 1 aromatic carbocycles. The SMILES string of the molecule is CCCOc1cccc(CNCc2nc(C)c(C)o2)c1. The highest BCUT2D eigenvalue weighted by Crippen LogP contribution is 2.14. The van der Waals surface area contributed by atoms with Crippen LogP contribution in [0.15, 0.2) is 28.7 Å². The maximum Gasteiger partial charge on any atom is 0.208 e. The van der Waals surface area contributed by atoms with Gasteiger partial charge in [-0.3, -0.25) is 0 Å². The van der Waals surface area contributed by atoms with Crippen molar-refractivity contribution >= 4 is 0 Å². The summed E-state index contributed by atoms with van der Waals surface area (Å²) < 4.78 is 11.2. The maximum absolute atomic E-state index is 5.62. The van der Waals surface area contributed by atoms with Gasteiger partial charge in [-0.15, -0.1) is 0 Å². The first-order valence-electron chi connectivity index (χ1n) is 7.04. The lowest BCUT2D eigenvalue weighted by Crippen LogP contribution is -2.13. The lowest BCUT2D eigenvalue weighted by molar-refractivity contribution is 0.317. The number of ether oxygens (including phenoxy) is 1. The number of aromatic nitrogens is 1. The highest BCUT2D eigenvalue weighted by molar-refractivity contribution is 5.28. The first kappa shape index (κ1) is 14.6. The highest BCUT2D eigenvalue weighted by Gasteiger charge is 2.04. The summed E-state index contributed by atoms with van der Waals surface area (Å²) in [6, 6.07) is 8.15. The number of hydrogen-bond donors (Lipinski definition) is 1. The molecule has 1 heterocycles. The van der Waals surface area contributed by atoms with E-state index in [4.69, 9.17) is 9.15 Å². The number of nitrogens with zero attached hydrogens (tertiary/aromatic N) is 1. The van der Waals surface area contributed by atoms with Crippen LogP contribution in [0.1, 0.15) is 36.3 Å². The molecule has 4 heteroatoms. The van der Waals surface area contributed by atoms with E-state index >= 15 is 0 Å². The molecular formula is C16H22N2O2. The van der Waals surface area contributed by atoms with Gasteiger partial charge in [-0.05, 0) is 38.0 Å². The van der Waals surface area contributed by atoms with Gasteiger partial charge in [-0.25, -0.2) is 4.98 Å². The Morgan fingerprint density at radius 1 is 1.25 bits per heavy atom. The van der Waals surface area contributed by atoms with E-state index in [0.29, 0.717) is 6.54 Å². The molecule has 20 heavy (non-hydrogen) atoms. The van der Waals surface area contributed by atoms with Gasteiger partial charge in [0.15, 0.2) is 0 Å². The van der Waals surface area contributed by atoms with Gasteiger partial charge in [0.1, 0.15) is 11.5 Å². The molecule has 0 spiro atoms. The Morgan fingerprint density at radius 3 is 2.80 bits per heavy atom. The summed E-state index contributed by atoms with van der Waals surface area (Å²) in [7, 11) is 0. The van der Waals surface area contributed by atoms with Crippen LogP contribution in [0, 0.1) is 13.8 Å². The molecule has 0 saturated heterocycles. The zero-order valence-corrected chi connectivity index (χ0v) is 12.4. The number of aryl methyl sites for hydroxylation is 2. The number of nitrogens with one attached hydrogen (secondary N) is 1. The molecule has 0 bridgehead atoms. The summed E-state index contributed by atoms with van der Waals surface area (Å²) in [5.41, 5.74) is 2.15. The second-order valence-corrected chi connectivity index (χ2v) is 4.85. The first-order chi connectivity index (χ1) is 9.69. The van der Waals surface area contributed by atoms with Crippen LogP contribution in [0.5, 0.6) is 5.75 Å². The Bertz CT molecular complexity index is 530. The number of benzene rings is 1. The third kappa shape index (κ3) is 4.10. The fourth-order valence-electron chi connectivity index (χ4n) is 1.89. The second kappa shape index (κ2) is 7.10. The van der Waals surface area contributed by atoms with E-state index in [9.17, 15) is 0 Å². The van der Waals surface area contributed by atoms with Crippen LogP contribution in [0.3, 0.4) is 0 Å². The second-order valence-electron chi connectivity index (χ2n) is 4.85. The smallest absolute Gasteiger partial charge is 0.208 e. The van der Waals surface area contributed by atoms with Gasteiger partial charge < -0.3 is 14.5 Å². The van der Waals surface area contributed by atoms with Gasteiger partial charge >= 0.3 is 0 Å². The van der Waals surface area contributed by atoms with Crippen LogP contribution >= 0.6 is 0 Å². The van der Waals surface area contributed by atoms with Crippen LogP contribution in [-0.4, -0.2) is 11.6 Å². The molecule has 0 radical (unpaired) electrons. The van der Waals surface area contributed by atoms with Crippen molar-refractivity contribution in [2.75, 3.05) is 6.61 Å². The minimum atomic E-state index is 0.634. The maximum atomic E-state index is 5.62. The minimum absolute atomic E-state index is 0.634. The Labute approximate surface area is 120 Å². The molecule has 2 rings (SSSR count). The molecule has 0 aliphatic heterocycles. The number of oxazole rings is 1. The van der Waals surface area contributed by atoms with Crippen LogP contribution < -0.4 is 10.1 Å². The molecule has 0 aliphatic rings. The quantitative estimate of drug-likeness (QED) is 0.841. The normalized spacial score (nSPS) is 10.8. The van der Waals surface area contributed by atoms with Crippen molar-refractivity contribution in [1.82, 2.24) is 10.3 Å². The van der Waals surface area contributed by atoms with Crippen molar-refractivity contribution in [2.24, 2.45) is 0 Å². The van der Waals surface area contributed by atoms with E-state index in [-0.39, 0.29) is 0 Å². The average molecular weight is 274 g/mol. The molecule has 0 aliphatic carbocycles. The number of hydrogen-bond acceptors (Lipinski definition) is 4. The predicted octanol–water partition coefficient (Wildman–Crippen LogP) is 3.37. The van der Waals surface area contributed by atoms with Crippen LogP contribution in [0.25, 0.3) is 0 Å². The van der Waals surface area contributed by atoms with Gasteiger partial charge in [0, 0.05) is 6.54 Å². The van der Waals surface area contributed by atoms with Gasteiger partial charge in [0.2, 0.25) is 5.89 Å². The summed E-state index contributed by atoms with van der Waals surface area (Å²) >= 11 is 0. The molecule has 1 aromatic heterocycles.